The van der Waals surface area contributed by atoms with E-state index in [1.807, 2.05) is 0 Å². The molecule has 0 amide bonds. The molecule has 0 spiro atoms. The van der Waals surface area contributed by atoms with E-state index in [0.717, 1.165) is 0 Å². The van der Waals surface area contributed by atoms with Gasteiger partial charge in [-0.25, -0.2) is 4.79 Å². The van der Waals surface area contributed by atoms with Crippen LogP contribution in [0.2, 0.25) is 0 Å². The normalized spacial score (nSPS) is 11.5. The average molecular weight is 222 g/mol. The summed E-state index contributed by atoms with van der Waals surface area (Å²) in [7, 11) is 0. The summed E-state index contributed by atoms with van der Waals surface area (Å²) >= 11 is 0. The fourth-order valence-electron chi connectivity index (χ4n) is 1.01. The van der Waals surface area contributed by atoms with Gasteiger partial charge >= 0.3 is 35.5 Å². The molecule has 1 atom stereocenters. The number of phenols is 2. The van der Waals surface area contributed by atoms with Crippen molar-refractivity contribution < 1.29 is 25.2 Å². The number of rotatable bonds is 3. The molecule has 4 N–H and O–H groups in total. The molecule has 1 aromatic rings. The molecule has 0 aliphatic carbocycles. The molecule has 0 saturated heterocycles. The molecule has 5 nitrogen and oxygen atoms in total. The van der Waals surface area contributed by atoms with Crippen LogP contribution in [0.3, 0.4) is 0 Å². The maximum absolute atomic E-state index is 10.3. The van der Waals surface area contributed by atoms with Gasteiger partial charge in [0.05, 0.1) is 0 Å². The Hall–Kier alpha value is -0.750. The molecular weight excluding hydrogens is 211 g/mol. The minimum atomic E-state index is -1.50. The first-order chi connectivity index (χ1) is 6.50. The van der Waals surface area contributed by atoms with E-state index in [2.05, 4.69) is 0 Å². The Morgan fingerprint density at radius 3 is 2.33 bits per heavy atom. The number of carboxylic acid groups (broad SMARTS) is 1. The number of benzene rings is 1. The predicted molar refractivity (Wildman–Crippen MR) is 54.3 cm³/mol. The third-order valence-electron chi connectivity index (χ3n) is 1.75. The van der Waals surface area contributed by atoms with E-state index < -0.39 is 12.1 Å². The van der Waals surface area contributed by atoms with E-state index in [4.69, 9.17) is 20.4 Å². The van der Waals surface area contributed by atoms with E-state index in [1.54, 1.807) is 0 Å². The van der Waals surface area contributed by atoms with Crippen molar-refractivity contribution >= 4 is 35.5 Å². The van der Waals surface area contributed by atoms with Gasteiger partial charge in [0.1, 0.15) is 0 Å². The molecule has 0 aliphatic heterocycles. The van der Waals surface area contributed by atoms with Gasteiger partial charge in [-0.05, 0) is 17.7 Å². The van der Waals surface area contributed by atoms with Crippen molar-refractivity contribution in [2.75, 3.05) is 0 Å². The van der Waals surface area contributed by atoms with Gasteiger partial charge in [0, 0.05) is 6.42 Å². The number of aromatic hydroxyl groups is 2. The Morgan fingerprint density at radius 1 is 1.27 bits per heavy atom. The summed E-state index contributed by atoms with van der Waals surface area (Å²) in [5.74, 6) is -1.93. The van der Waals surface area contributed by atoms with Gasteiger partial charge in [0.25, 0.3) is 0 Å². The molecule has 0 heterocycles. The quantitative estimate of drug-likeness (QED) is 0.406. The van der Waals surface area contributed by atoms with Gasteiger partial charge in [0.15, 0.2) is 17.6 Å². The molecule has 0 bridgehead atoms. The predicted octanol–water partition coefficient (Wildman–Crippen LogP) is -0.563. The van der Waals surface area contributed by atoms with Crippen molar-refractivity contribution in [3.05, 3.63) is 23.8 Å². The average Bonchev–Trinajstić information content (AvgIpc) is 2.11. The fraction of sp³-hybridized carbons (Fsp3) is 0.222. The first kappa shape index (κ1) is 14.2. The standard InChI is InChI=1S/C9H10O5.Na.H/c10-6-2-1-5(3-7(6)11)4-8(12)9(13)14;;/h1-3,8,10-12H,4H2,(H,13,14);;/t8-;;/m0../s1. The summed E-state index contributed by atoms with van der Waals surface area (Å²) in [5, 5.41) is 35.4. The molecule has 1 aromatic carbocycles. The van der Waals surface area contributed by atoms with E-state index in [9.17, 15) is 4.79 Å². The van der Waals surface area contributed by atoms with Crippen molar-refractivity contribution in [2.45, 2.75) is 12.5 Å². The third-order valence-corrected chi connectivity index (χ3v) is 1.75. The molecule has 0 unspecified atom stereocenters. The van der Waals surface area contributed by atoms with Gasteiger partial charge in [-0.2, -0.15) is 0 Å². The Bertz CT molecular complexity index is 352. The van der Waals surface area contributed by atoms with Crippen LogP contribution in [0.5, 0.6) is 11.5 Å². The topological polar surface area (TPSA) is 98.0 Å². The summed E-state index contributed by atoms with van der Waals surface area (Å²) in [6.07, 6.45) is -1.61. The Balaban J connectivity index is 0.00000196. The molecule has 0 radical (unpaired) electrons. The van der Waals surface area contributed by atoms with Crippen LogP contribution in [0.1, 0.15) is 5.56 Å². The van der Waals surface area contributed by atoms with Crippen LogP contribution in [0.4, 0.5) is 0 Å². The van der Waals surface area contributed by atoms with Crippen LogP contribution >= 0.6 is 0 Å². The van der Waals surface area contributed by atoms with E-state index >= 15 is 0 Å². The molecule has 6 heteroatoms. The van der Waals surface area contributed by atoms with Crippen LogP contribution < -0.4 is 0 Å². The monoisotopic (exact) mass is 222 g/mol. The molecule has 0 aromatic heterocycles. The van der Waals surface area contributed by atoms with Crippen LogP contribution in [0.25, 0.3) is 0 Å². The van der Waals surface area contributed by atoms with Crippen LogP contribution in [0, 0.1) is 0 Å². The second-order valence-electron chi connectivity index (χ2n) is 2.88. The van der Waals surface area contributed by atoms with Crippen molar-refractivity contribution in [1.29, 1.82) is 0 Å². The van der Waals surface area contributed by atoms with Gasteiger partial charge in [0.2, 0.25) is 0 Å². The first-order valence-electron chi connectivity index (χ1n) is 3.92. The fourth-order valence-corrected chi connectivity index (χ4v) is 1.01. The zero-order valence-electron chi connectivity index (χ0n) is 7.21. The molecule has 78 valence electrons. The summed E-state index contributed by atoms with van der Waals surface area (Å²) < 4.78 is 0. The van der Waals surface area contributed by atoms with Gasteiger partial charge in [-0.15, -0.1) is 0 Å². The summed E-state index contributed by atoms with van der Waals surface area (Å²) in [6.45, 7) is 0. The molecule has 1 rings (SSSR count). The maximum atomic E-state index is 10.3. The SMILES string of the molecule is O=C(O)[C@@H](O)Cc1ccc(O)c(O)c1.[NaH]. The van der Waals surface area contributed by atoms with E-state index in [0.29, 0.717) is 5.56 Å². The van der Waals surface area contributed by atoms with Gasteiger partial charge < -0.3 is 20.4 Å². The van der Waals surface area contributed by atoms with Crippen LogP contribution in [0.15, 0.2) is 18.2 Å². The van der Waals surface area contributed by atoms with E-state index in [-0.39, 0.29) is 47.5 Å². The number of aliphatic hydroxyl groups excluding tert-OH is 1. The number of carbonyl (C=O) groups is 1. The Morgan fingerprint density at radius 2 is 1.87 bits per heavy atom. The van der Waals surface area contributed by atoms with Crippen LogP contribution in [-0.4, -0.2) is 62.1 Å². The summed E-state index contributed by atoms with van der Waals surface area (Å²) in [6, 6.07) is 3.88. The van der Waals surface area contributed by atoms with Crippen molar-refractivity contribution in [3.63, 3.8) is 0 Å². The molecular formula is C9H11NaO5. The van der Waals surface area contributed by atoms with Gasteiger partial charge in [-0.3, -0.25) is 0 Å². The Kier molecular flexibility index (Phi) is 5.67. The number of hydrogen-bond donors (Lipinski definition) is 4. The first-order valence-corrected chi connectivity index (χ1v) is 3.92. The molecule has 0 saturated carbocycles. The summed E-state index contributed by atoms with van der Waals surface area (Å²) in [5.41, 5.74) is 0.440. The number of hydrogen-bond acceptors (Lipinski definition) is 4. The summed E-state index contributed by atoms with van der Waals surface area (Å²) in [4.78, 5) is 10.3. The minimum absolute atomic E-state index is 0. The molecule has 0 fully saturated rings. The Labute approximate surface area is 108 Å². The van der Waals surface area contributed by atoms with E-state index in [1.165, 1.54) is 18.2 Å². The third kappa shape index (κ3) is 4.09. The number of aliphatic carboxylic acids is 1. The van der Waals surface area contributed by atoms with Crippen molar-refractivity contribution in [2.24, 2.45) is 0 Å². The molecule has 15 heavy (non-hydrogen) atoms. The van der Waals surface area contributed by atoms with Crippen LogP contribution in [-0.2, 0) is 11.2 Å². The number of aliphatic hydroxyl groups is 1. The van der Waals surface area contributed by atoms with Gasteiger partial charge in [-0.1, -0.05) is 6.07 Å². The molecule has 0 aliphatic rings. The number of phenolic OH excluding ortho intramolecular Hbond substituents is 2. The zero-order valence-corrected chi connectivity index (χ0v) is 7.21. The van der Waals surface area contributed by atoms with Crippen molar-refractivity contribution in [1.82, 2.24) is 0 Å². The zero-order chi connectivity index (χ0) is 10.7. The second kappa shape index (κ2) is 5.97. The number of carboxylic acids is 1. The van der Waals surface area contributed by atoms with Crippen molar-refractivity contribution in [3.8, 4) is 11.5 Å². The second-order valence-corrected chi connectivity index (χ2v) is 2.88.